The maximum absolute atomic E-state index is 13.2. The van der Waals surface area contributed by atoms with Crippen molar-refractivity contribution in [1.29, 1.82) is 0 Å². The highest BCUT2D eigenvalue weighted by molar-refractivity contribution is 7.62. The normalized spacial score (nSPS) is 13.3. The highest BCUT2D eigenvalue weighted by atomic mass is 31.2. The quantitative estimate of drug-likeness (QED) is 0.120. The van der Waals surface area contributed by atoms with Gasteiger partial charge in [0.25, 0.3) is 17.6 Å². The van der Waals surface area contributed by atoms with Gasteiger partial charge in [0.2, 0.25) is 0 Å². The highest BCUT2D eigenvalue weighted by Crippen LogP contribution is 2.46. The van der Waals surface area contributed by atoms with Gasteiger partial charge in [-0.15, -0.1) is 0 Å². The Bertz CT molecular complexity index is 1620. The van der Waals surface area contributed by atoms with E-state index in [1.807, 2.05) is 42.5 Å². The van der Waals surface area contributed by atoms with Crippen LogP contribution in [0.15, 0.2) is 66.7 Å². The summed E-state index contributed by atoms with van der Waals surface area (Å²) in [6.07, 6.45) is 1.59. The summed E-state index contributed by atoms with van der Waals surface area (Å²) in [5.41, 5.74) is 3.97. The van der Waals surface area contributed by atoms with Crippen molar-refractivity contribution in [3.8, 4) is 5.75 Å². The van der Waals surface area contributed by atoms with Gasteiger partial charge in [-0.1, -0.05) is 24.3 Å². The number of hydrogen-bond acceptors (Lipinski definition) is 6. The van der Waals surface area contributed by atoms with Crippen molar-refractivity contribution in [2.75, 3.05) is 20.3 Å². The average molecular weight is 591 g/mol. The van der Waals surface area contributed by atoms with E-state index in [0.29, 0.717) is 42.7 Å². The number of imidazole rings is 1. The number of carbonyl (C=O) groups excluding carboxylic acids is 2. The second-order valence-electron chi connectivity index (χ2n) is 10.0. The summed E-state index contributed by atoms with van der Waals surface area (Å²) in [6, 6.07) is 20.5. The molecule has 3 aromatic carbocycles. The van der Waals surface area contributed by atoms with Gasteiger partial charge in [0.05, 0.1) is 49.8 Å². The van der Waals surface area contributed by atoms with Crippen LogP contribution in [0.1, 0.15) is 59.3 Å². The molecule has 0 saturated carbocycles. The molecule has 0 radical (unpaired) electrons. The third-order valence-corrected chi connectivity index (χ3v) is 9.71. The van der Waals surface area contributed by atoms with Gasteiger partial charge in [0, 0.05) is 6.07 Å². The van der Waals surface area contributed by atoms with Crippen molar-refractivity contribution in [2.24, 2.45) is 0 Å². The Morgan fingerprint density at radius 1 is 0.857 bits per heavy atom. The molecule has 10 heteroatoms. The Morgan fingerprint density at radius 2 is 1.50 bits per heavy atom. The molecule has 2 amide bonds. The van der Waals surface area contributed by atoms with Crippen LogP contribution in [-0.4, -0.2) is 41.6 Å². The summed E-state index contributed by atoms with van der Waals surface area (Å²) in [7, 11) is -1.69. The molecular weight excluding hydrogens is 553 g/mol. The fraction of sp³-hybridized carbons (Fsp3) is 0.344. The molecule has 0 N–H and O–H groups in total. The van der Waals surface area contributed by atoms with Crippen LogP contribution < -0.4 is 14.6 Å². The number of amides is 2. The van der Waals surface area contributed by atoms with E-state index in [2.05, 4.69) is 16.1 Å². The monoisotopic (exact) mass is 590 g/mol. The Balaban J connectivity index is 1.42. The predicted octanol–water partition coefficient (Wildman–Crippen LogP) is 5.28. The van der Waals surface area contributed by atoms with E-state index in [-0.39, 0.29) is 18.4 Å². The molecule has 0 atom stereocenters. The molecule has 2 heterocycles. The van der Waals surface area contributed by atoms with Gasteiger partial charge in [0.15, 0.2) is 11.0 Å². The molecule has 0 fully saturated rings. The number of carbonyl (C=O) groups is 2. The zero-order valence-corrected chi connectivity index (χ0v) is 25.4. The zero-order valence-electron chi connectivity index (χ0n) is 24.5. The minimum atomic E-state index is -3.33. The second-order valence-corrected chi connectivity index (χ2v) is 12.0. The Hall–Kier alpha value is -3.78. The summed E-state index contributed by atoms with van der Waals surface area (Å²) in [4.78, 5) is 27.8. The van der Waals surface area contributed by atoms with Crippen molar-refractivity contribution >= 4 is 35.7 Å². The molecule has 0 aliphatic carbocycles. The molecule has 1 aromatic heterocycles. The largest absolute Gasteiger partial charge is 0.497 e. The minimum absolute atomic E-state index is 0.163. The number of fused-ring (bicyclic) bond motifs is 2. The predicted molar refractivity (Wildman–Crippen MR) is 160 cm³/mol. The Labute approximate surface area is 246 Å². The molecule has 1 aliphatic rings. The van der Waals surface area contributed by atoms with Crippen LogP contribution in [-0.2, 0) is 39.7 Å². The number of rotatable bonds is 13. The smallest absolute Gasteiger partial charge is 0.361 e. The van der Waals surface area contributed by atoms with E-state index in [9.17, 15) is 14.2 Å². The van der Waals surface area contributed by atoms with E-state index in [1.165, 1.54) is 4.90 Å². The van der Waals surface area contributed by atoms with Crippen LogP contribution in [0.5, 0.6) is 5.75 Å². The first-order valence-electron chi connectivity index (χ1n) is 14.4. The van der Waals surface area contributed by atoms with Gasteiger partial charge in [0.1, 0.15) is 12.3 Å². The molecule has 0 bridgehead atoms. The lowest BCUT2D eigenvalue weighted by atomic mass is 10.1. The molecular formula is C32H37N3O6P+. The van der Waals surface area contributed by atoms with E-state index >= 15 is 0 Å². The summed E-state index contributed by atoms with van der Waals surface area (Å²) in [5.74, 6) is 1.07. The number of nitrogens with zero attached hydrogens (tertiary/aromatic N) is 3. The van der Waals surface area contributed by atoms with Crippen molar-refractivity contribution in [3.63, 3.8) is 0 Å². The summed E-state index contributed by atoms with van der Waals surface area (Å²) >= 11 is 0. The average Bonchev–Trinajstić information content (AvgIpc) is 3.43. The number of hydrogen-bond donors (Lipinski definition) is 0. The zero-order chi connectivity index (χ0) is 29.9. The van der Waals surface area contributed by atoms with Gasteiger partial charge in [-0.05, 0) is 75.6 Å². The van der Waals surface area contributed by atoms with Gasteiger partial charge in [-0.3, -0.25) is 19.1 Å². The van der Waals surface area contributed by atoms with Crippen LogP contribution in [0.25, 0.3) is 11.0 Å². The Morgan fingerprint density at radius 3 is 2.07 bits per heavy atom. The summed E-state index contributed by atoms with van der Waals surface area (Å²) in [6.45, 7) is 7.75. The van der Waals surface area contributed by atoms with E-state index < -0.39 is 7.60 Å². The standard InChI is InChI=1S/C32H37N3O6P/c1-5-33-29-21-24(39-4)16-19-28(29)34(30(33)22-35-31(36)26-12-8-9-13-27(26)32(35)37)20-10-11-23-14-17-25(18-15-23)42(38,40-6-2)41-7-3/h8-9,12-19,21H,5-7,10-11,20,22H2,1-4H3/q+1. The molecule has 1 aliphatic heterocycles. The molecule has 0 unspecified atom stereocenters. The fourth-order valence-electron chi connectivity index (χ4n) is 5.61. The molecule has 0 saturated heterocycles. The summed E-state index contributed by atoms with van der Waals surface area (Å²) < 4.78 is 33.9. The number of ether oxygens (including phenoxy) is 1. The van der Waals surface area contributed by atoms with Crippen LogP contribution >= 0.6 is 7.60 Å². The van der Waals surface area contributed by atoms with Crippen molar-refractivity contribution in [3.05, 3.63) is 89.2 Å². The maximum atomic E-state index is 13.2. The van der Waals surface area contributed by atoms with E-state index in [0.717, 1.165) is 41.0 Å². The van der Waals surface area contributed by atoms with Crippen LogP contribution in [0, 0.1) is 0 Å². The van der Waals surface area contributed by atoms with Crippen LogP contribution in [0.4, 0.5) is 0 Å². The van der Waals surface area contributed by atoms with Gasteiger partial charge < -0.3 is 13.8 Å². The third kappa shape index (κ3) is 5.52. The van der Waals surface area contributed by atoms with Crippen molar-refractivity contribution in [1.82, 2.24) is 9.47 Å². The summed E-state index contributed by atoms with van der Waals surface area (Å²) in [5, 5.41) is 0.549. The molecule has 5 rings (SSSR count). The first-order valence-corrected chi connectivity index (χ1v) is 15.9. The molecule has 0 spiro atoms. The highest BCUT2D eigenvalue weighted by Gasteiger charge is 2.38. The number of benzene rings is 3. The Kier molecular flexibility index (Phi) is 8.92. The van der Waals surface area contributed by atoms with E-state index in [1.54, 1.807) is 45.2 Å². The fourth-order valence-corrected chi connectivity index (χ4v) is 7.18. The first-order chi connectivity index (χ1) is 20.3. The van der Waals surface area contributed by atoms with Crippen LogP contribution in [0.3, 0.4) is 0 Å². The van der Waals surface area contributed by atoms with Crippen LogP contribution in [0.2, 0.25) is 0 Å². The number of methoxy groups -OCH3 is 1. The molecule has 9 nitrogen and oxygen atoms in total. The lowest BCUT2D eigenvalue weighted by molar-refractivity contribution is -0.681. The number of aryl methyl sites for hydroxylation is 3. The van der Waals surface area contributed by atoms with Gasteiger partial charge in [-0.2, -0.15) is 0 Å². The minimum Gasteiger partial charge on any atom is -0.497 e. The SMILES string of the molecule is CCOP(=O)(OCC)c1ccc(CCC[n+]2c(CN3C(=O)c4ccccc4C3=O)n(CC)c3cc(OC)ccc32)cc1. The lowest BCUT2D eigenvalue weighted by Gasteiger charge is -2.17. The lowest BCUT2D eigenvalue weighted by Crippen LogP contribution is -2.42. The maximum Gasteiger partial charge on any atom is 0.361 e. The van der Waals surface area contributed by atoms with Crippen molar-refractivity contribution < 1.29 is 32.5 Å². The van der Waals surface area contributed by atoms with E-state index in [4.69, 9.17) is 13.8 Å². The first kappa shape index (κ1) is 29.7. The third-order valence-electron chi connectivity index (χ3n) is 7.58. The van der Waals surface area contributed by atoms with Crippen molar-refractivity contribution in [2.45, 2.75) is 53.2 Å². The molecule has 42 heavy (non-hydrogen) atoms. The van der Waals surface area contributed by atoms with Gasteiger partial charge in [-0.25, -0.2) is 9.13 Å². The number of aromatic nitrogens is 2. The number of imide groups is 1. The molecule has 4 aromatic rings. The molecule has 220 valence electrons. The van der Waals surface area contributed by atoms with Gasteiger partial charge >= 0.3 is 7.60 Å². The topological polar surface area (TPSA) is 91.0 Å². The second kappa shape index (κ2) is 12.6.